The van der Waals surface area contributed by atoms with Gasteiger partial charge in [0, 0.05) is 75.5 Å². The van der Waals surface area contributed by atoms with Gasteiger partial charge in [-0.1, -0.05) is 147 Å². The summed E-state index contributed by atoms with van der Waals surface area (Å²) < 4.78 is 54.5. The predicted octanol–water partition coefficient (Wildman–Crippen LogP) is -1.72. The highest BCUT2D eigenvalue weighted by atomic mass is 35.5. The number of fused-ring (bicyclic) bond motifs is 1. The number of nitrogens with two attached hydrogens (primary N) is 5. The van der Waals surface area contributed by atoms with Crippen molar-refractivity contribution in [1.29, 1.82) is 5.41 Å². The van der Waals surface area contributed by atoms with Crippen LogP contribution in [0.4, 0.5) is 10.5 Å². The molecule has 23 N–H and O–H groups in total. The molecule has 0 bridgehead atoms. The van der Waals surface area contributed by atoms with E-state index in [1.54, 1.807) is 98.8 Å². The maximum Gasteiger partial charge on any atom is 0.316 e. The minimum atomic E-state index is -4.47. The predicted molar refractivity (Wildman–Crippen MR) is 458 cm³/mol. The van der Waals surface area contributed by atoms with Crippen LogP contribution in [0.25, 0.3) is 10.8 Å². The zero-order valence-electron chi connectivity index (χ0n) is 68.4. The van der Waals surface area contributed by atoms with Crippen molar-refractivity contribution in [1.82, 2.24) is 67.9 Å². The smallest absolute Gasteiger partial charge is 0.316 e. The molecular weight excluding hydrogens is 1650 g/mol. The molecule has 0 unspecified atom stereocenters. The number of rotatable bonds is 45. The van der Waals surface area contributed by atoms with Gasteiger partial charge in [0.2, 0.25) is 85.0 Å². The number of ether oxygens (including phenoxy) is 1. The van der Waals surface area contributed by atoms with Gasteiger partial charge in [0.25, 0.3) is 0 Å². The molecular formula is C82H109ClN20O18S2. The maximum atomic E-state index is 15.5. The lowest BCUT2D eigenvalue weighted by Crippen LogP contribution is -2.62. The molecule has 10 atom stereocenters. The molecule has 8 rings (SSSR count). The van der Waals surface area contributed by atoms with E-state index in [0.717, 1.165) is 16.3 Å². The monoisotopic (exact) mass is 1760 g/mol. The summed E-state index contributed by atoms with van der Waals surface area (Å²) in [6.07, 6.45) is -0.850. The summed E-state index contributed by atoms with van der Waals surface area (Å²) >= 11 is 6.29. The third kappa shape index (κ3) is 32.5. The topological polar surface area (TPSA) is 599 Å². The number of guanidine groups is 1. The Bertz CT molecular complexity index is 4910. The van der Waals surface area contributed by atoms with Crippen molar-refractivity contribution in [3.63, 3.8) is 0 Å². The molecule has 6 aromatic carbocycles. The molecule has 2 aliphatic heterocycles. The Balaban J connectivity index is 1.10. The second-order valence-electron chi connectivity index (χ2n) is 30.8. The molecule has 2 saturated heterocycles. The van der Waals surface area contributed by atoms with Gasteiger partial charge in [-0.15, -0.1) is 0 Å². The molecule has 2 aliphatic rings. The molecule has 41 heteroatoms. The van der Waals surface area contributed by atoms with E-state index in [-0.39, 0.29) is 88.4 Å². The van der Waals surface area contributed by atoms with Gasteiger partial charge in [0.1, 0.15) is 72.2 Å². The molecule has 0 radical (unpaired) electrons. The van der Waals surface area contributed by atoms with E-state index in [9.17, 15) is 50.7 Å². The van der Waals surface area contributed by atoms with Crippen molar-refractivity contribution in [3.05, 3.63) is 184 Å². The number of sulfonamides is 2. The van der Waals surface area contributed by atoms with Crippen LogP contribution in [0.15, 0.2) is 146 Å². The molecule has 664 valence electrons. The Morgan fingerprint density at radius 3 is 1.47 bits per heavy atom. The average molecular weight is 1760 g/mol. The third-order valence-electron chi connectivity index (χ3n) is 20.2. The number of anilines is 1. The van der Waals surface area contributed by atoms with E-state index < -0.39 is 176 Å². The van der Waals surface area contributed by atoms with Gasteiger partial charge < -0.3 is 90.4 Å². The molecule has 0 saturated carbocycles. The van der Waals surface area contributed by atoms with Gasteiger partial charge in [-0.3, -0.25) is 67.9 Å². The van der Waals surface area contributed by atoms with Crippen molar-refractivity contribution in [2.45, 2.75) is 152 Å². The normalized spacial score (nSPS) is 15.8. The Morgan fingerprint density at radius 1 is 0.528 bits per heavy atom. The summed E-state index contributed by atoms with van der Waals surface area (Å²) in [7, 11) is -8.93. The molecule has 13 amide bonds. The fraction of sp³-hybridized carbons (Fsp3) is 0.427. The number of morpholine rings is 1. The highest BCUT2D eigenvalue weighted by Gasteiger charge is 2.41. The van der Waals surface area contributed by atoms with Gasteiger partial charge in [0.05, 0.1) is 26.4 Å². The van der Waals surface area contributed by atoms with Crippen LogP contribution in [0, 0.1) is 11.3 Å². The van der Waals surface area contributed by atoms with Crippen molar-refractivity contribution in [2.75, 3.05) is 69.6 Å². The van der Waals surface area contributed by atoms with Crippen LogP contribution in [-0.4, -0.2) is 238 Å². The molecule has 0 aromatic heterocycles. The lowest BCUT2D eigenvalue weighted by atomic mass is 9.99. The van der Waals surface area contributed by atoms with Crippen LogP contribution in [0.1, 0.15) is 86.3 Å². The number of aliphatic hydroxyl groups excluding tert-OH is 1. The minimum Gasteiger partial charge on any atom is -0.394 e. The Labute approximate surface area is 717 Å². The summed E-state index contributed by atoms with van der Waals surface area (Å²) in [4.78, 5) is 176. The van der Waals surface area contributed by atoms with Crippen LogP contribution in [-0.2, 0) is 116 Å². The van der Waals surface area contributed by atoms with Crippen LogP contribution in [0.3, 0.4) is 0 Å². The summed E-state index contributed by atoms with van der Waals surface area (Å²) in [5.74, 6) is -13.2. The highest BCUT2D eigenvalue weighted by molar-refractivity contribution is 7.89. The first-order valence-corrected chi connectivity index (χ1v) is 43.7. The van der Waals surface area contributed by atoms with Crippen LogP contribution < -0.4 is 86.0 Å². The standard InChI is InChI=1S/C82H109ClN20O18S2/c1-49(2)37-62(72(107)94-61(15-9-31-90-81(85)86)80(115)103-32-10-16-69(103)79(114)91-50(3)71(84)106)95-74(109)65(40-52-17-19-55(20-18-52)44-101-33-35-121-36-34-101)98-76(111)67(42-54-24-29-60(30-25-54)92-82(87)116)99-78(113)68(46-104)100-77(112)64(39-51-11-5-4-6-12-51)97-75(110)66(41-53-22-27-59(83)28-23-53)96-73(108)63(43-56-21-26-57-13-7-8-14-58(57)38-56)93-70(105)45-102(47-122(88,117)118)48-123(89,119)120/h4-8,11-14,17-30,38,49-50,61-69,104H,9-10,15-16,31-37,39-48H2,1-3H3,(H2,84,106)(H,91,114)(H,93,105)(H,94,107)(H,95,109)(H,96,108)(H,97,110)(H,98,111)(H,99,113)(H,100,112)(H4,85,86,90)(H3,87,92,116)(H2,88,117,118)(H2,89,119,120)/t50-,61+,62+,63-,64-,65-,66-,67+,68+,69+/m1/s1. The number of primary amides is 2. The number of hydrogen-bond acceptors (Lipinski definition) is 21. The number of likely N-dealkylation sites (tertiary alicyclic amines) is 1. The number of carbonyl (C=O) groups excluding carboxylic acids is 12. The van der Waals surface area contributed by atoms with Gasteiger partial charge in [-0.25, -0.2) is 31.9 Å². The van der Waals surface area contributed by atoms with Crippen molar-refractivity contribution < 1.29 is 84.2 Å². The van der Waals surface area contributed by atoms with E-state index in [1.807, 2.05) is 24.3 Å². The zero-order valence-corrected chi connectivity index (χ0v) is 70.8. The number of nitrogens with zero attached hydrogens (tertiary/aromatic N) is 3. The highest BCUT2D eigenvalue weighted by Crippen LogP contribution is 2.23. The van der Waals surface area contributed by atoms with E-state index in [4.69, 9.17) is 49.2 Å². The van der Waals surface area contributed by atoms with Gasteiger partial charge in [-0.2, -0.15) is 0 Å². The molecule has 6 aromatic rings. The first-order valence-electron chi connectivity index (χ1n) is 39.9. The lowest BCUT2D eigenvalue weighted by molar-refractivity contribution is -0.142. The number of primary sulfonamides is 2. The fourth-order valence-electron chi connectivity index (χ4n) is 14.0. The fourth-order valence-corrected chi connectivity index (χ4v) is 15.7. The Hall–Kier alpha value is -11.8. The van der Waals surface area contributed by atoms with Crippen molar-refractivity contribution in [2.24, 2.45) is 33.4 Å². The second-order valence-corrected chi connectivity index (χ2v) is 34.4. The summed E-state index contributed by atoms with van der Waals surface area (Å²) in [6.45, 7) is 6.04. The molecule has 2 heterocycles. The SMILES string of the molecule is CC(C)C[C@H](NC(=O)[C@@H](Cc1ccc(CN2CCOCC2)cc1)NC(=O)[C@H](Cc1ccc(NC(N)=O)cc1)NC(=O)[C@H](CO)NC(=O)[C@@H](Cc1ccccc1)NC(=O)[C@@H](Cc1ccc(Cl)cc1)NC(=O)[C@@H](Cc1ccc2ccccc2c1)NC(=O)CN(CS(N)(=O)=O)CS(N)(=O)=O)C(=O)N[C@@H](CCCNC(=N)N)C(=O)N1CCC[C@H]1C(=O)N[C@H](C)C(N)=O. The zero-order chi connectivity index (χ0) is 89.7. The second kappa shape index (κ2) is 46.5. The van der Waals surface area contributed by atoms with Crippen LogP contribution in [0.2, 0.25) is 5.02 Å². The maximum absolute atomic E-state index is 15.5. The number of halogens is 1. The Kier molecular flexibility index (Phi) is 36.5. The first-order chi connectivity index (χ1) is 58.3. The summed E-state index contributed by atoms with van der Waals surface area (Å²) in [5, 5.41) is 60.3. The number of hydrogen-bond donors (Lipinski definition) is 18. The lowest BCUT2D eigenvalue weighted by Gasteiger charge is -2.31. The number of urea groups is 1. The number of amides is 13. The molecule has 0 spiro atoms. The van der Waals surface area contributed by atoms with Crippen molar-refractivity contribution >= 4 is 125 Å². The van der Waals surface area contributed by atoms with Crippen LogP contribution in [0.5, 0.6) is 0 Å². The first kappa shape index (κ1) is 96.7. The average Bonchev–Trinajstić information content (AvgIpc) is 1.71. The number of carbonyl (C=O) groups is 12. The third-order valence-corrected chi connectivity index (χ3v) is 21.9. The van der Waals surface area contributed by atoms with E-state index in [2.05, 4.69) is 63.4 Å². The van der Waals surface area contributed by atoms with Gasteiger partial charge in [0.15, 0.2) is 5.96 Å². The quantitative estimate of drug-likeness (QED) is 0.0115. The molecule has 123 heavy (non-hydrogen) atoms. The van der Waals surface area contributed by atoms with E-state index in [0.29, 0.717) is 77.0 Å². The largest absolute Gasteiger partial charge is 0.394 e. The molecule has 0 aliphatic carbocycles. The summed E-state index contributed by atoms with van der Waals surface area (Å²) in [5.41, 5.74) is 19.8. The molecule has 38 nitrogen and oxygen atoms in total. The minimum absolute atomic E-state index is 0.0365. The Morgan fingerprint density at radius 2 is 0.967 bits per heavy atom. The van der Waals surface area contributed by atoms with Gasteiger partial charge >= 0.3 is 6.03 Å². The molecule has 2 fully saturated rings. The van der Waals surface area contributed by atoms with Crippen LogP contribution >= 0.6 is 11.6 Å². The number of aliphatic hydroxyl groups is 1. The van der Waals surface area contributed by atoms with E-state index in [1.165, 1.54) is 48.2 Å². The number of nitrogens with one attached hydrogen (secondary N) is 12. The summed E-state index contributed by atoms with van der Waals surface area (Å²) in [6, 6.07) is 24.0. The van der Waals surface area contributed by atoms with E-state index >= 15 is 28.8 Å². The van der Waals surface area contributed by atoms with Crippen molar-refractivity contribution in [3.8, 4) is 0 Å². The van der Waals surface area contributed by atoms with Gasteiger partial charge in [-0.05, 0) is 113 Å². The number of benzene rings is 6.